The normalized spacial score (nSPS) is 15.2. The Bertz CT molecular complexity index is 579. The molecule has 2 N–H and O–H groups in total. The van der Waals surface area contributed by atoms with Crippen molar-refractivity contribution in [1.29, 1.82) is 0 Å². The van der Waals surface area contributed by atoms with Crippen molar-refractivity contribution < 1.29 is 9.59 Å². The third kappa shape index (κ3) is 5.60. The lowest BCUT2D eigenvalue weighted by atomic mass is 10.2. The highest BCUT2D eigenvalue weighted by Crippen LogP contribution is 2.16. The van der Waals surface area contributed by atoms with Crippen molar-refractivity contribution in [3.63, 3.8) is 0 Å². The highest BCUT2D eigenvalue weighted by Gasteiger charge is 2.22. The Morgan fingerprint density at radius 1 is 1.12 bits per heavy atom. The van der Waals surface area contributed by atoms with Crippen molar-refractivity contribution in [3.8, 4) is 0 Å². The lowest BCUT2D eigenvalue weighted by molar-refractivity contribution is 0.195. The number of carbonyl (C=O) groups excluding carboxylic acids is 2. The summed E-state index contributed by atoms with van der Waals surface area (Å²) in [6, 6.07) is 6.84. The number of nitrogens with zero attached hydrogens (tertiary/aromatic N) is 2. The summed E-state index contributed by atoms with van der Waals surface area (Å²) in [5, 5.41) is 6.35. The van der Waals surface area contributed by atoms with Crippen molar-refractivity contribution in [2.75, 3.05) is 38.0 Å². The van der Waals surface area contributed by atoms with Crippen LogP contribution in [0.1, 0.15) is 20.3 Å². The van der Waals surface area contributed by atoms with Gasteiger partial charge in [0.25, 0.3) is 0 Å². The quantitative estimate of drug-likeness (QED) is 0.877. The van der Waals surface area contributed by atoms with E-state index in [-0.39, 0.29) is 12.1 Å². The van der Waals surface area contributed by atoms with E-state index in [1.807, 2.05) is 0 Å². The molecule has 1 fully saturated rings. The zero-order valence-electron chi connectivity index (χ0n) is 14.2. The molecular formula is C17H25ClN4O2. The minimum atomic E-state index is -0.165. The number of benzene rings is 1. The highest BCUT2D eigenvalue weighted by atomic mass is 35.5. The Hall–Kier alpha value is -1.95. The molecule has 1 aliphatic heterocycles. The third-order valence-electron chi connectivity index (χ3n) is 3.81. The van der Waals surface area contributed by atoms with Crippen molar-refractivity contribution >= 4 is 29.4 Å². The monoisotopic (exact) mass is 352 g/mol. The van der Waals surface area contributed by atoms with Gasteiger partial charge in [-0.25, -0.2) is 9.59 Å². The molecule has 0 saturated carbocycles. The van der Waals surface area contributed by atoms with Crippen LogP contribution >= 0.6 is 11.6 Å². The minimum absolute atomic E-state index is 0.0548. The highest BCUT2D eigenvalue weighted by molar-refractivity contribution is 6.30. The zero-order valence-corrected chi connectivity index (χ0v) is 15.0. The van der Waals surface area contributed by atoms with Crippen LogP contribution < -0.4 is 10.6 Å². The number of nitrogens with one attached hydrogen (secondary N) is 2. The molecule has 0 radical (unpaired) electrons. The number of urea groups is 2. The molecular weight excluding hydrogens is 328 g/mol. The smallest absolute Gasteiger partial charge is 0.321 e. The second-order valence-corrected chi connectivity index (χ2v) is 6.78. The third-order valence-corrected chi connectivity index (χ3v) is 4.04. The number of rotatable bonds is 3. The van der Waals surface area contributed by atoms with Crippen molar-refractivity contribution in [2.24, 2.45) is 5.92 Å². The van der Waals surface area contributed by atoms with Crippen LogP contribution in [-0.2, 0) is 0 Å². The van der Waals surface area contributed by atoms with Crippen LogP contribution in [0.25, 0.3) is 0 Å². The van der Waals surface area contributed by atoms with Crippen LogP contribution in [-0.4, -0.2) is 54.6 Å². The van der Waals surface area contributed by atoms with E-state index in [1.54, 1.807) is 34.1 Å². The summed E-state index contributed by atoms with van der Waals surface area (Å²) in [5.41, 5.74) is 0.670. The maximum Gasteiger partial charge on any atom is 0.321 e. The van der Waals surface area contributed by atoms with Gasteiger partial charge >= 0.3 is 12.1 Å². The largest absolute Gasteiger partial charge is 0.338 e. The van der Waals surface area contributed by atoms with E-state index in [9.17, 15) is 9.59 Å². The van der Waals surface area contributed by atoms with Gasteiger partial charge in [0.2, 0.25) is 0 Å². The van der Waals surface area contributed by atoms with Gasteiger partial charge in [-0.05, 0) is 30.5 Å². The summed E-state index contributed by atoms with van der Waals surface area (Å²) in [5.74, 6) is 0.418. The molecule has 0 aliphatic carbocycles. The van der Waals surface area contributed by atoms with E-state index in [4.69, 9.17) is 11.6 Å². The van der Waals surface area contributed by atoms with Gasteiger partial charge in [0.15, 0.2) is 0 Å². The molecule has 6 nitrogen and oxygen atoms in total. The summed E-state index contributed by atoms with van der Waals surface area (Å²) in [6.07, 6.45) is 0.762. The number of amides is 4. The van der Waals surface area contributed by atoms with Gasteiger partial charge in [0.1, 0.15) is 0 Å². The van der Waals surface area contributed by atoms with Crippen LogP contribution in [0.2, 0.25) is 5.02 Å². The molecule has 4 amide bonds. The predicted octanol–water partition coefficient (Wildman–Crippen LogP) is 3.25. The van der Waals surface area contributed by atoms with Crippen LogP contribution in [0.4, 0.5) is 15.3 Å². The van der Waals surface area contributed by atoms with Gasteiger partial charge in [-0.2, -0.15) is 0 Å². The van der Waals surface area contributed by atoms with Crippen LogP contribution in [0, 0.1) is 5.92 Å². The molecule has 0 bridgehead atoms. The lowest BCUT2D eigenvalue weighted by Gasteiger charge is -2.23. The van der Waals surface area contributed by atoms with Gasteiger partial charge in [-0.1, -0.05) is 31.5 Å². The van der Waals surface area contributed by atoms with Crippen LogP contribution in [0.3, 0.4) is 0 Å². The number of hydrogen-bond acceptors (Lipinski definition) is 2. The molecule has 1 saturated heterocycles. The molecule has 7 heteroatoms. The molecule has 0 unspecified atom stereocenters. The summed E-state index contributed by atoms with van der Waals surface area (Å²) < 4.78 is 0. The Morgan fingerprint density at radius 2 is 1.79 bits per heavy atom. The first-order valence-electron chi connectivity index (χ1n) is 8.30. The molecule has 0 atom stereocenters. The van der Waals surface area contributed by atoms with Gasteiger partial charge < -0.3 is 20.4 Å². The van der Waals surface area contributed by atoms with E-state index >= 15 is 0 Å². The van der Waals surface area contributed by atoms with Crippen LogP contribution in [0.15, 0.2) is 24.3 Å². The Labute approximate surface area is 148 Å². The fourth-order valence-corrected chi connectivity index (χ4v) is 2.69. The number of anilines is 1. The predicted molar refractivity (Wildman–Crippen MR) is 96.5 cm³/mol. The first-order chi connectivity index (χ1) is 11.5. The van der Waals surface area contributed by atoms with Gasteiger partial charge in [0, 0.05) is 43.4 Å². The average molecular weight is 353 g/mol. The molecule has 0 spiro atoms. The maximum atomic E-state index is 12.4. The van der Waals surface area contributed by atoms with Gasteiger partial charge in [-0.15, -0.1) is 0 Å². The Kier molecular flexibility index (Phi) is 6.73. The summed E-state index contributed by atoms with van der Waals surface area (Å²) >= 11 is 5.93. The molecule has 1 aliphatic rings. The standard InChI is InChI=1S/C17H25ClN4O2/c1-13(2)12-19-16(23)21-7-4-8-22(10-9-21)17(24)20-15-6-3-5-14(18)11-15/h3,5-6,11,13H,4,7-10,12H2,1-2H3,(H,19,23)(H,20,24). The van der Waals surface area contributed by atoms with E-state index < -0.39 is 0 Å². The molecule has 24 heavy (non-hydrogen) atoms. The van der Waals surface area contributed by atoms with Gasteiger partial charge in [0.05, 0.1) is 0 Å². The van der Waals surface area contributed by atoms with E-state index in [2.05, 4.69) is 24.5 Å². The molecule has 2 rings (SSSR count). The number of carbonyl (C=O) groups is 2. The SMILES string of the molecule is CC(C)CNC(=O)N1CCCN(C(=O)Nc2cccc(Cl)c2)CC1. The summed E-state index contributed by atoms with van der Waals surface area (Å²) in [4.78, 5) is 28.0. The first kappa shape index (κ1) is 18.4. The Balaban J connectivity index is 1.85. The van der Waals surface area contributed by atoms with Crippen molar-refractivity contribution in [2.45, 2.75) is 20.3 Å². The van der Waals surface area contributed by atoms with Crippen molar-refractivity contribution in [1.82, 2.24) is 15.1 Å². The topological polar surface area (TPSA) is 64.7 Å². The molecule has 0 aromatic heterocycles. The fourth-order valence-electron chi connectivity index (χ4n) is 2.50. The molecule has 1 aromatic rings. The first-order valence-corrected chi connectivity index (χ1v) is 8.68. The summed E-state index contributed by atoms with van der Waals surface area (Å²) in [6.45, 7) is 7.11. The molecule has 1 heterocycles. The zero-order chi connectivity index (χ0) is 17.5. The van der Waals surface area contributed by atoms with E-state index in [1.165, 1.54) is 0 Å². The second kappa shape index (κ2) is 8.78. The lowest BCUT2D eigenvalue weighted by Crippen LogP contribution is -2.44. The number of halogens is 1. The fraction of sp³-hybridized carbons (Fsp3) is 0.529. The average Bonchev–Trinajstić information content (AvgIpc) is 2.78. The van der Waals surface area contributed by atoms with E-state index in [0.29, 0.717) is 49.4 Å². The van der Waals surface area contributed by atoms with Crippen LogP contribution in [0.5, 0.6) is 0 Å². The van der Waals surface area contributed by atoms with Gasteiger partial charge in [-0.3, -0.25) is 0 Å². The van der Waals surface area contributed by atoms with E-state index in [0.717, 1.165) is 6.42 Å². The number of hydrogen-bond donors (Lipinski definition) is 2. The summed E-state index contributed by atoms with van der Waals surface area (Å²) in [7, 11) is 0. The maximum absolute atomic E-state index is 12.4. The molecule has 132 valence electrons. The van der Waals surface area contributed by atoms with Crippen molar-refractivity contribution in [3.05, 3.63) is 29.3 Å². The second-order valence-electron chi connectivity index (χ2n) is 6.35. The Morgan fingerprint density at radius 3 is 2.42 bits per heavy atom. The minimum Gasteiger partial charge on any atom is -0.338 e. The molecule has 1 aromatic carbocycles.